The van der Waals surface area contributed by atoms with Crippen LogP contribution < -0.4 is 0 Å². The Hall–Kier alpha value is -1.85. The molecule has 0 aliphatic carbocycles. The number of rotatable bonds is 1. The summed E-state index contributed by atoms with van der Waals surface area (Å²) in [4.78, 5) is 13.9. The first-order valence-corrected chi connectivity index (χ1v) is 4.44. The lowest BCUT2D eigenvalue weighted by Crippen LogP contribution is -2.10. The number of alkyl halides is 3. The molecular formula is C10H7F3N2O. The lowest BCUT2D eigenvalue weighted by Gasteiger charge is -2.04. The summed E-state index contributed by atoms with van der Waals surface area (Å²) in [6.45, 7) is 1.73. The summed E-state index contributed by atoms with van der Waals surface area (Å²) >= 11 is 0. The van der Waals surface area contributed by atoms with E-state index in [4.69, 9.17) is 0 Å². The Morgan fingerprint density at radius 2 is 2.12 bits per heavy atom. The SMILES string of the molecule is Cc1ccn2c(C(F)(F)F)nc(C=O)c2c1. The number of carbonyl (C=O) groups is 1. The lowest BCUT2D eigenvalue weighted by atomic mass is 10.2. The molecule has 0 N–H and O–H groups in total. The average Bonchev–Trinajstić information content (AvgIpc) is 2.55. The van der Waals surface area contributed by atoms with Crippen LogP contribution in [0.1, 0.15) is 21.9 Å². The highest BCUT2D eigenvalue weighted by Crippen LogP contribution is 2.30. The molecule has 0 amide bonds. The first kappa shape index (κ1) is 10.7. The van der Waals surface area contributed by atoms with Gasteiger partial charge in [-0.1, -0.05) is 0 Å². The fourth-order valence-electron chi connectivity index (χ4n) is 1.50. The second-order valence-corrected chi connectivity index (χ2v) is 3.40. The summed E-state index contributed by atoms with van der Waals surface area (Å²) in [6, 6.07) is 3.02. The predicted octanol–water partition coefficient (Wildman–Crippen LogP) is 2.47. The van der Waals surface area contributed by atoms with E-state index >= 15 is 0 Å². The van der Waals surface area contributed by atoms with Crippen molar-refractivity contribution in [3.63, 3.8) is 0 Å². The van der Waals surface area contributed by atoms with Crippen molar-refractivity contribution in [3.05, 3.63) is 35.4 Å². The van der Waals surface area contributed by atoms with Gasteiger partial charge in [0.1, 0.15) is 5.69 Å². The maximum atomic E-state index is 12.6. The number of aldehydes is 1. The molecule has 16 heavy (non-hydrogen) atoms. The van der Waals surface area contributed by atoms with E-state index in [0.717, 1.165) is 9.96 Å². The number of nitrogens with zero attached hydrogens (tertiary/aromatic N) is 2. The summed E-state index contributed by atoms with van der Waals surface area (Å²) in [6.07, 6.45) is -2.99. The van der Waals surface area contributed by atoms with Crippen LogP contribution >= 0.6 is 0 Å². The Labute approximate surface area is 88.5 Å². The first-order chi connectivity index (χ1) is 7.43. The minimum atomic E-state index is -4.57. The Morgan fingerprint density at radius 1 is 1.44 bits per heavy atom. The second-order valence-electron chi connectivity index (χ2n) is 3.40. The van der Waals surface area contributed by atoms with Gasteiger partial charge in [0.2, 0.25) is 5.82 Å². The van der Waals surface area contributed by atoms with E-state index in [1.807, 2.05) is 0 Å². The van der Waals surface area contributed by atoms with Crippen LogP contribution in [0.25, 0.3) is 5.52 Å². The summed E-state index contributed by atoms with van der Waals surface area (Å²) in [7, 11) is 0. The molecule has 2 rings (SSSR count). The molecule has 2 heterocycles. The molecule has 0 aliphatic rings. The third-order valence-electron chi connectivity index (χ3n) is 2.19. The minimum Gasteiger partial charge on any atom is -0.296 e. The Balaban J connectivity index is 2.83. The van der Waals surface area contributed by atoms with Crippen molar-refractivity contribution in [3.8, 4) is 0 Å². The molecule has 3 nitrogen and oxygen atoms in total. The van der Waals surface area contributed by atoms with Crippen LogP contribution in [0.15, 0.2) is 18.3 Å². The number of carbonyl (C=O) groups excluding carboxylic acids is 1. The molecule has 2 aromatic heterocycles. The van der Waals surface area contributed by atoms with E-state index in [1.165, 1.54) is 18.3 Å². The number of pyridine rings is 1. The number of halogens is 3. The zero-order valence-corrected chi connectivity index (χ0v) is 8.25. The molecule has 0 fully saturated rings. The number of aromatic nitrogens is 2. The van der Waals surface area contributed by atoms with Crippen molar-refractivity contribution < 1.29 is 18.0 Å². The lowest BCUT2D eigenvalue weighted by molar-refractivity contribution is -0.145. The molecule has 0 unspecified atom stereocenters. The van der Waals surface area contributed by atoms with E-state index in [2.05, 4.69) is 4.98 Å². The zero-order valence-electron chi connectivity index (χ0n) is 8.25. The molecule has 2 aromatic rings. The molecule has 0 saturated carbocycles. The highest BCUT2D eigenvalue weighted by Gasteiger charge is 2.37. The summed E-state index contributed by atoms with van der Waals surface area (Å²) in [5.41, 5.74) is 0.738. The number of hydrogen-bond acceptors (Lipinski definition) is 2. The van der Waals surface area contributed by atoms with E-state index in [9.17, 15) is 18.0 Å². The summed E-state index contributed by atoms with van der Waals surface area (Å²) < 4.78 is 38.6. The van der Waals surface area contributed by atoms with Gasteiger partial charge in [-0.15, -0.1) is 0 Å². The van der Waals surface area contributed by atoms with Gasteiger partial charge in [-0.3, -0.25) is 9.20 Å². The smallest absolute Gasteiger partial charge is 0.296 e. The van der Waals surface area contributed by atoms with E-state index < -0.39 is 12.0 Å². The van der Waals surface area contributed by atoms with Gasteiger partial charge >= 0.3 is 6.18 Å². The van der Waals surface area contributed by atoms with Crippen LogP contribution in [0.3, 0.4) is 0 Å². The van der Waals surface area contributed by atoms with Gasteiger partial charge in [0.25, 0.3) is 0 Å². The normalized spacial score (nSPS) is 12.0. The molecule has 0 aliphatic heterocycles. The van der Waals surface area contributed by atoms with Crippen molar-refractivity contribution in [1.29, 1.82) is 0 Å². The van der Waals surface area contributed by atoms with Crippen LogP contribution in [0, 0.1) is 6.92 Å². The van der Waals surface area contributed by atoms with Gasteiger partial charge in [-0.2, -0.15) is 13.2 Å². The number of imidazole rings is 1. The van der Waals surface area contributed by atoms with Gasteiger partial charge in [-0.25, -0.2) is 4.98 Å². The highest BCUT2D eigenvalue weighted by molar-refractivity contribution is 5.84. The van der Waals surface area contributed by atoms with E-state index in [-0.39, 0.29) is 11.2 Å². The fourth-order valence-corrected chi connectivity index (χ4v) is 1.50. The van der Waals surface area contributed by atoms with Gasteiger partial charge in [0.05, 0.1) is 5.52 Å². The van der Waals surface area contributed by atoms with E-state index in [0.29, 0.717) is 6.29 Å². The standard InChI is InChI=1S/C10H7F3N2O/c1-6-2-3-15-8(4-6)7(5-16)14-9(15)10(11,12)13/h2-5H,1H3. The zero-order chi connectivity index (χ0) is 11.9. The van der Waals surface area contributed by atoms with Crippen LogP contribution in [-0.2, 0) is 6.18 Å². The topological polar surface area (TPSA) is 34.4 Å². The summed E-state index contributed by atoms with van der Waals surface area (Å²) in [5.74, 6) is -1.08. The molecule has 0 atom stereocenters. The van der Waals surface area contributed by atoms with Crippen LogP contribution in [0.5, 0.6) is 0 Å². The van der Waals surface area contributed by atoms with Gasteiger partial charge in [0.15, 0.2) is 6.29 Å². The van der Waals surface area contributed by atoms with Crippen molar-refractivity contribution in [2.45, 2.75) is 13.1 Å². The predicted molar refractivity (Wildman–Crippen MR) is 50.3 cm³/mol. The maximum absolute atomic E-state index is 12.6. The third-order valence-corrected chi connectivity index (χ3v) is 2.19. The molecule has 0 bridgehead atoms. The number of hydrogen-bond donors (Lipinski definition) is 0. The summed E-state index contributed by atoms with van der Waals surface area (Å²) in [5, 5.41) is 0. The Bertz CT molecular complexity index is 557. The molecule has 0 spiro atoms. The van der Waals surface area contributed by atoms with Gasteiger partial charge in [0, 0.05) is 6.20 Å². The van der Waals surface area contributed by atoms with Crippen molar-refractivity contribution >= 4 is 11.8 Å². The molecule has 0 saturated heterocycles. The van der Waals surface area contributed by atoms with Gasteiger partial charge in [-0.05, 0) is 24.6 Å². The number of aryl methyl sites for hydroxylation is 1. The Morgan fingerprint density at radius 3 is 2.69 bits per heavy atom. The maximum Gasteiger partial charge on any atom is 0.450 e. The third kappa shape index (κ3) is 1.56. The highest BCUT2D eigenvalue weighted by atomic mass is 19.4. The Kier molecular flexibility index (Phi) is 2.22. The molecule has 0 aromatic carbocycles. The van der Waals surface area contributed by atoms with Crippen LogP contribution in [0.2, 0.25) is 0 Å². The molecule has 6 heteroatoms. The van der Waals surface area contributed by atoms with Gasteiger partial charge < -0.3 is 0 Å². The monoisotopic (exact) mass is 228 g/mol. The van der Waals surface area contributed by atoms with Crippen molar-refractivity contribution in [1.82, 2.24) is 9.38 Å². The molecule has 0 radical (unpaired) electrons. The second kappa shape index (κ2) is 3.33. The quantitative estimate of drug-likeness (QED) is 0.702. The first-order valence-electron chi connectivity index (χ1n) is 4.44. The number of fused-ring (bicyclic) bond motifs is 1. The molecule has 84 valence electrons. The van der Waals surface area contributed by atoms with E-state index in [1.54, 1.807) is 6.92 Å². The molecular weight excluding hydrogens is 221 g/mol. The fraction of sp³-hybridized carbons (Fsp3) is 0.200. The van der Waals surface area contributed by atoms with Crippen LogP contribution in [0.4, 0.5) is 13.2 Å². The van der Waals surface area contributed by atoms with Crippen molar-refractivity contribution in [2.24, 2.45) is 0 Å². The largest absolute Gasteiger partial charge is 0.450 e. The minimum absolute atomic E-state index is 0.169. The van der Waals surface area contributed by atoms with Crippen LogP contribution in [-0.4, -0.2) is 15.7 Å². The average molecular weight is 228 g/mol. The van der Waals surface area contributed by atoms with Crippen molar-refractivity contribution in [2.75, 3.05) is 0 Å².